The molecule has 0 saturated heterocycles. The van der Waals surface area contributed by atoms with E-state index in [4.69, 9.17) is 9.84 Å². The Hall–Kier alpha value is -2.08. The van der Waals surface area contributed by atoms with E-state index in [2.05, 4.69) is 26.1 Å². The minimum absolute atomic E-state index is 0.0837. The molecule has 3 atom stereocenters. The summed E-state index contributed by atoms with van der Waals surface area (Å²) in [5.74, 6) is -0.720. The van der Waals surface area contributed by atoms with Crippen LogP contribution in [-0.4, -0.2) is 41.8 Å². The Kier molecular flexibility index (Phi) is 4.97. The number of rotatable bonds is 4. The first-order valence-corrected chi connectivity index (χ1v) is 9.50. The summed E-state index contributed by atoms with van der Waals surface area (Å²) in [4.78, 5) is 23.2. The van der Waals surface area contributed by atoms with Gasteiger partial charge in [0, 0.05) is 0 Å². The Morgan fingerprint density at radius 1 is 1.26 bits per heavy atom. The number of carboxylic acids is 1. The fourth-order valence-electron chi connectivity index (χ4n) is 5.31. The summed E-state index contributed by atoms with van der Waals surface area (Å²) < 4.78 is 5.48. The van der Waals surface area contributed by atoms with E-state index in [0.29, 0.717) is 17.2 Å². The van der Waals surface area contributed by atoms with Crippen LogP contribution in [0.5, 0.6) is 5.75 Å². The fraction of sp³-hybridized carbons (Fsp3) is 0.619. The number of aliphatic carboxylic acids is 1. The van der Waals surface area contributed by atoms with Crippen LogP contribution in [0.1, 0.15) is 61.5 Å². The molecule has 1 saturated carbocycles. The molecule has 0 radical (unpaired) electrons. The number of hydrogen-bond acceptors (Lipinski definition) is 4. The highest BCUT2D eigenvalue weighted by atomic mass is 16.5. The molecule has 6 nitrogen and oxygen atoms in total. The zero-order valence-corrected chi connectivity index (χ0v) is 16.5. The maximum absolute atomic E-state index is 12.4. The van der Waals surface area contributed by atoms with Gasteiger partial charge < -0.3 is 20.3 Å². The smallest absolute Gasteiger partial charge is 0.322 e. The second-order valence-corrected chi connectivity index (χ2v) is 8.67. The number of benzene rings is 1. The number of carbonyl (C=O) groups excluding carboxylic acids is 1. The summed E-state index contributed by atoms with van der Waals surface area (Å²) in [6, 6.07) is 3.80. The standard InChI is InChI=1S/C21H29NO5/c1-20(2)16-6-5-12-9-13(19(26)22-11-18(24)25)15(27-4)10-14(12)21(16,3)8-7-17(20)23/h9-10,16-17,23H,5-8,11H2,1-4H3,(H,22,26)(H,24,25)/t16-,17-,21+/m0/s1. The van der Waals surface area contributed by atoms with E-state index in [0.717, 1.165) is 31.2 Å². The Bertz CT molecular complexity index is 772. The highest BCUT2D eigenvalue weighted by Gasteiger charge is 2.53. The molecule has 2 aliphatic rings. The summed E-state index contributed by atoms with van der Waals surface area (Å²) in [7, 11) is 1.52. The van der Waals surface area contributed by atoms with Crippen LogP contribution in [0, 0.1) is 11.3 Å². The van der Waals surface area contributed by atoms with Crippen LogP contribution < -0.4 is 10.1 Å². The zero-order valence-electron chi connectivity index (χ0n) is 16.5. The summed E-state index contributed by atoms with van der Waals surface area (Å²) in [6.07, 6.45) is 3.12. The molecule has 0 bridgehead atoms. The minimum atomic E-state index is -1.08. The van der Waals surface area contributed by atoms with E-state index in [1.165, 1.54) is 12.7 Å². The Morgan fingerprint density at radius 3 is 2.59 bits per heavy atom. The van der Waals surface area contributed by atoms with Crippen molar-refractivity contribution >= 4 is 11.9 Å². The Balaban J connectivity index is 2.02. The van der Waals surface area contributed by atoms with Gasteiger partial charge in [0.2, 0.25) is 0 Å². The van der Waals surface area contributed by atoms with Crippen molar-refractivity contribution in [2.24, 2.45) is 11.3 Å². The molecule has 0 aliphatic heterocycles. The monoisotopic (exact) mass is 375 g/mol. The van der Waals surface area contributed by atoms with Crippen molar-refractivity contribution in [2.45, 2.75) is 58.0 Å². The van der Waals surface area contributed by atoms with Crippen LogP contribution in [0.3, 0.4) is 0 Å². The van der Waals surface area contributed by atoms with Crippen LogP contribution in [0.25, 0.3) is 0 Å². The lowest BCUT2D eigenvalue weighted by atomic mass is 9.49. The lowest BCUT2D eigenvalue weighted by molar-refractivity contribution is -0.135. The molecule has 0 spiro atoms. The van der Waals surface area contributed by atoms with Crippen molar-refractivity contribution in [1.29, 1.82) is 0 Å². The lowest BCUT2D eigenvalue weighted by Gasteiger charge is -2.56. The molecule has 3 N–H and O–H groups in total. The van der Waals surface area contributed by atoms with Crippen molar-refractivity contribution < 1.29 is 24.5 Å². The van der Waals surface area contributed by atoms with Gasteiger partial charge in [0.1, 0.15) is 12.3 Å². The molecule has 1 aromatic rings. The van der Waals surface area contributed by atoms with E-state index >= 15 is 0 Å². The number of aliphatic hydroxyl groups excluding tert-OH is 1. The van der Waals surface area contributed by atoms with Crippen molar-refractivity contribution in [3.05, 3.63) is 28.8 Å². The lowest BCUT2D eigenvalue weighted by Crippen LogP contribution is -2.53. The van der Waals surface area contributed by atoms with Crippen LogP contribution in [0.2, 0.25) is 0 Å². The summed E-state index contributed by atoms with van der Waals surface area (Å²) in [5.41, 5.74) is 2.41. The van der Waals surface area contributed by atoms with Gasteiger partial charge in [-0.2, -0.15) is 0 Å². The summed E-state index contributed by atoms with van der Waals surface area (Å²) in [6.45, 7) is 6.13. The van der Waals surface area contributed by atoms with Gasteiger partial charge in [-0.15, -0.1) is 0 Å². The molecule has 3 rings (SSSR count). The van der Waals surface area contributed by atoms with Gasteiger partial charge in [0.25, 0.3) is 5.91 Å². The average Bonchev–Trinajstić information content (AvgIpc) is 2.62. The topological polar surface area (TPSA) is 95.9 Å². The molecule has 0 aromatic heterocycles. The Labute approximate surface area is 159 Å². The van der Waals surface area contributed by atoms with Crippen molar-refractivity contribution in [3.8, 4) is 5.75 Å². The number of carbonyl (C=O) groups is 2. The van der Waals surface area contributed by atoms with Gasteiger partial charge in [-0.05, 0) is 65.7 Å². The predicted octanol–water partition coefficient (Wildman–Crippen LogP) is 2.51. The number of fused-ring (bicyclic) bond motifs is 3. The third-order valence-corrected chi connectivity index (χ3v) is 6.85. The number of carboxylic acid groups (broad SMARTS) is 1. The van der Waals surface area contributed by atoms with Crippen LogP contribution in [-0.2, 0) is 16.6 Å². The van der Waals surface area contributed by atoms with Crippen molar-refractivity contribution in [1.82, 2.24) is 5.32 Å². The molecule has 1 fully saturated rings. The molecule has 6 heteroatoms. The molecule has 1 amide bonds. The number of ether oxygens (including phenoxy) is 1. The average molecular weight is 375 g/mol. The zero-order chi connectivity index (χ0) is 20.0. The first-order chi connectivity index (χ1) is 12.6. The van der Waals surface area contributed by atoms with Crippen LogP contribution in [0.15, 0.2) is 12.1 Å². The highest BCUT2D eigenvalue weighted by molar-refractivity contribution is 5.98. The van der Waals surface area contributed by atoms with Gasteiger partial charge in [-0.3, -0.25) is 9.59 Å². The fourth-order valence-corrected chi connectivity index (χ4v) is 5.31. The number of methoxy groups -OCH3 is 1. The minimum Gasteiger partial charge on any atom is -0.496 e. The van der Waals surface area contributed by atoms with E-state index in [9.17, 15) is 14.7 Å². The second kappa shape index (κ2) is 6.82. The van der Waals surface area contributed by atoms with Crippen molar-refractivity contribution in [3.63, 3.8) is 0 Å². The maximum atomic E-state index is 12.4. The van der Waals surface area contributed by atoms with Crippen molar-refractivity contribution in [2.75, 3.05) is 13.7 Å². The Morgan fingerprint density at radius 2 is 1.96 bits per heavy atom. The summed E-state index contributed by atoms with van der Waals surface area (Å²) in [5, 5.41) is 21.7. The molecule has 2 aliphatic carbocycles. The van der Waals surface area contributed by atoms with E-state index in [1.807, 2.05) is 12.1 Å². The highest BCUT2D eigenvalue weighted by Crippen LogP contribution is 2.57. The number of nitrogens with one attached hydrogen (secondary N) is 1. The van der Waals surface area contributed by atoms with E-state index < -0.39 is 18.4 Å². The number of hydrogen-bond donors (Lipinski definition) is 3. The first-order valence-electron chi connectivity index (χ1n) is 9.50. The molecule has 0 heterocycles. The molecular weight excluding hydrogens is 346 g/mol. The second-order valence-electron chi connectivity index (χ2n) is 8.67. The third kappa shape index (κ3) is 3.20. The molecule has 148 valence electrons. The van der Waals surface area contributed by atoms with Gasteiger partial charge in [0.05, 0.1) is 18.8 Å². The number of amides is 1. The van der Waals surface area contributed by atoms with Crippen LogP contribution in [0.4, 0.5) is 0 Å². The summed E-state index contributed by atoms with van der Waals surface area (Å²) >= 11 is 0. The van der Waals surface area contributed by atoms with Gasteiger partial charge >= 0.3 is 5.97 Å². The van der Waals surface area contributed by atoms with Gasteiger partial charge in [-0.25, -0.2) is 0 Å². The molecule has 27 heavy (non-hydrogen) atoms. The third-order valence-electron chi connectivity index (χ3n) is 6.85. The quantitative estimate of drug-likeness (QED) is 0.751. The van der Waals surface area contributed by atoms with Gasteiger partial charge in [0.15, 0.2) is 0 Å². The van der Waals surface area contributed by atoms with E-state index in [-0.39, 0.29) is 16.9 Å². The number of aryl methyl sites for hydroxylation is 1. The first kappa shape index (κ1) is 19.7. The maximum Gasteiger partial charge on any atom is 0.322 e. The molecule has 0 unspecified atom stereocenters. The SMILES string of the molecule is COc1cc2c(cc1C(=O)NCC(=O)O)CC[C@H]1C(C)(C)[C@@H](O)CC[C@]21C. The van der Waals surface area contributed by atoms with Gasteiger partial charge in [-0.1, -0.05) is 20.8 Å². The number of aliphatic hydroxyl groups is 1. The van der Waals surface area contributed by atoms with E-state index in [1.54, 1.807) is 0 Å². The molecular formula is C21H29NO5. The van der Waals surface area contributed by atoms with Crippen LogP contribution >= 0.6 is 0 Å². The molecule has 1 aromatic carbocycles. The normalized spacial score (nSPS) is 28.6. The predicted molar refractivity (Wildman–Crippen MR) is 101 cm³/mol. The largest absolute Gasteiger partial charge is 0.496 e.